The number of hydrogen-bond donors (Lipinski definition) is 4. The lowest BCUT2D eigenvalue weighted by atomic mass is 10.2. The van der Waals surface area contributed by atoms with Crippen molar-refractivity contribution in [1.29, 1.82) is 0 Å². The van der Waals surface area contributed by atoms with Gasteiger partial charge in [-0.1, -0.05) is 27.2 Å². The largest absolute Gasteiger partial charge is 0.329 e. The summed E-state index contributed by atoms with van der Waals surface area (Å²) in [5, 5.41) is 0. The van der Waals surface area contributed by atoms with Gasteiger partial charge in [0.15, 0.2) is 0 Å². The van der Waals surface area contributed by atoms with Gasteiger partial charge in [0.1, 0.15) is 0 Å². The highest BCUT2D eigenvalue weighted by molar-refractivity contribution is 7.78. The van der Waals surface area contributed by atoms with E-state index in [4.69, 9.17) is 11.5 Å². The maximum atomic E-state index is 4.90. The molecule has 0 aliphatic heterocycles. The number of hydrogen-bond acceptors (Lipinski definition) is 4. The van der Waals surface area contributed by atoms with Crippen LogP contribution in [0.3, 0.4) is 0 Å². The highest BCUT2D eigenvalue weighted by Crippen LogP contribution is 2.38. The van der Waals surface area contributed by atoms with E-state index >= 15 is 0 Å². The minimum absolute atomic E-state index is 0. The molecule has 0 radical (unpaired) electrons. The van der Waals surface area contributed by atoms with Crippen LogP contribution in [0.4, 0.5) is 0 Å². The zero-order chi connectivity index (χ0) is 8.74. The summed E-state index contributed by atoms with van der Waals surface area (Å²) >= 11 is 3.99. The summed E-state index contributed by atoms with van der Waals surface area (Å²) in [6.45, 7) is 3.39. The van der Waals surface area contributed by atoms with Crippen LogP contribution < -0.4 is 16.2 Å². The highest BCUT2D eigenvalue weighted by atomic mass is 32.1. The van der Waals surface area contributed by atoms with E-state index < -0.39 is 0 Å². The summed E-state index contributed by atoms with van der Waals surface area (Å²) in [4.78, 5) is 0. The molecule has 12 heavy (non-hydrogen) atoms. The van der Waals surface area contributed by atoms with Crippen LogP contribution in [-0.4, -0.2) is 18.6 Å². The van der Waals surface area contributed by atoms with Gasteiger partial charge >= 0.3 is 0 Å². The molecule has 0 heterocycles. The Morgan fingerprint density at radius 3 is 1.75 bits per heavy atom. The summed E-state index contributed by atoms with van der Waals surface area (Å²) in [6.07, 6.45) is 3.84. The average molecular weight is 193 g/mol. The van der Waals surface area contributed by atoms with Crippen LogP contribution in [0, 0.1) is 0 Å². The summed E-state index contributed by atoms with van der Waals surface area (Å²) < 4.78 is 3.00. The predicted molar refractivity (Wildman–Crippen MR) is 59.2 cm³/mol. The van der Waals surface area contributed by atoms with Crippen LogP contribution in [0.15, 0.2) is 0 Å². The van der Waals surface area contributed by atoms with Crippen LogP contribution in [0.1, 0.15) is 33.6 Å². The van der Waals surface area contributed by atoms with E-state index in [0.29, 0.717) is 18.6 Å². The van der Waals surface area contributed by atoms with E-state index in [-0.39, 0.29) is 7.43 Å². The summed E-state index contributed by atoms with van der Waals surface area (Å²) in [7, 11) is 0. The number of thiol groups is 1. The summed E-state index contributed by atoms with van der Waals surface area (Å²) in [6, 6.07) is 0. The molecule has 0 aromatic rings. The molecule has 1 aliphatic rings. The molecule has 0 amide bonds. The second kappa shape index (κ2) is 7.86. The lowest BCUT2D eigenvalue weighted by Crippen LogP contribution is -2.20. The third-order valence-corrected chi connectivity index (χ3v) is 2.41. The molecule has 0 saturated heterocycles. The third-order valence-electron chi connectivity index (χ3n) is 1.93. The van der Waals surface area contributed by atoms with Crippen molar-refractivity contribution in [2.75, 3.05) is 13.1 Å². The van der Waals surface area contributed by atoms with Crippen molar-refractivity contribution in [3.8, 4) is 0 Å². The van der Waals surface area contributed by atoms with Crippen LogP contribution >= 0.6 is 12.8 Å². The Balaban J connectivity index is 0. The van der Waals surface area contributed by atoms with Gasteiger partial charge in [0, 0.05) is 18.6 Å². The quantitative estimate of drug-likeness (QED) is 0.504. The van der Waals surface area contributed by atoms with E-state index in [1.807, 2.05) is 0 Å². The molecule has 0 atom stereocenters. The molecular weight excluding hydrogens is 170 g/mol. The molecule has 1 saturated carbocycles. The smallest absolute Gasteiger partial charge is 0.0279 e. The monoisotopic (exact) mass is 193 g/mol. The van der Waals surface area contributed by atoms with Crippen molar-refractivity contribution in [2.24, 2.45) is 11.5 Å². The van der Waals surface area contributed by atoms with Gasteiger partial charge in [-0.25, -0.2) is 0 Å². The number of nitrogens with one attached hydrogen (secondary N) is 1. The van der Waals surface area contributed by atoms with Crippen molar-refractivity contribution < 1.29 is 0 Å². The first-order valence-electron chi connectivity index (χ1n) is 4.06. The average Bonchev–Trinajstić information content (AvgIpc) is 2.85. The van der Waals surface area contributed by atoms with Gasteiger partial charge in [-0.05, 0) is 19.3 Å². The lowest BCUT2D eigenvalue weighted by molar-refractivity contribution is 0.608. The third kappa shape index (κ3) is 5.83. The second-order valence-electron chi connectivity index (χ2n) is 2.82. The van der Waals surface area contributed by atoms with Crippen LogP contribution in [0.5, 0.6) is 0 Å². The van der Waals surface area contributed by atoms with Crippen LogP contribution in [0.25, 0.3) is 0 Å². The van der Waals surface area contributed by atoms with E-state index in [0.717, 1.165) is 0 Å². The number of rotatable bonds is 3. The maximum Gasteiger partial charge on any atom is 0.0279 e. The Bertz CT molecular complexity index is 86.3. The molecular formula is C8H23N3S. The molecule has 1 rings (SSSR count). The van der Waals surface area contributed by atoms with Gasteiger partial charge in [-0.3, -0.25) is 4.72 Å². The van der Waals surface area contributed by atoms with Crippen molar-refractivity contribution in [1.82, 2.24) is 4.72 Å². The Labute approximate surface area is 81.8 Å². The molecule has 1 aliphatic carbocycles. The van der Waals surface area contributed by atoms with Gasteiger partial charge in [0.25, 0.3) is 0 Å². The van der Waals surface area contributed by atoms with Gasteiger partial charge in [-0.15, -0.1) is 0 Å². The molecule has 5 N–H and O–H groups in total. The van der Waals surface area contributed by atoms with Crippen LogP contribution in [-0.2, 0) is 0 Å². The van der Waals surface area contributed by atoms with E-state index in [1.165, 1.54) is 19.3 Å². The Morgan fingerprint density at radius 1 is 1.33 bits per heavy atom. The first kappa shape index (κ1) is 14.7. The second-order valence-corrected chi connectivity index (χ2v) is 3.05. The molecule has 76 valence electrons. The molecule has 0 spiro atoms. The maximum absolute atomic E-state index is 4.90. The molecule has 3 nitrogen and oxygen atoms in total. The summed E-state index contributed by atoms with van der Waals surface area (Å²) in [5.74, 6) is 0. The Hall–Kier alpha value is 0.230. The molecule has 0 bridgehead atoms. The van der Waals surface area contributed by atoms with Crippen molar-refractivity contribution >= 4 is 12.8 Å². The fourth-order valence-corrected chi connectivity index (χ4v) is 1.08. The predicted octanol–water partition coefficient (Wildman–Crippen LogP) is 0.903. The van der Waals surface area contributed by atoms with Gasteiger partial charge < -0.3 is 11.5 Å². The van der Waals surface area contributed by atoms with Gasteiger partial charge in [0.05, 0.1) is 0 Å². The molecule has 4 heteroatoms. The summed E-state index contributed by atoms with van der Waals surface area (Å²) in [5.41, 5.74) is 10.3. The van der Waals surface area contributed by atoms with E-state index in [2.05, 4.69) is 24.5 Å². The van der Waals surface area contributed by atoms with Gasteiger partial charge in [0.2, 0.25) is 0 Å². The lowest BCUT2D eigenvalue weighted by Gasteiger charge is -2.06. The minimum atomic E-state index is 0. The Morgan fingerprint density at radius 2 is 1.75 bits per heavy atom. The first-order valence-corrected chi connectivity index (χ1v) is 4.51. The molecule has 0 aromatic heterocycles. The van der Waals surface area contributed by atoms with Crippen LogP contribution in [0.2, 0.25) is 0 Å². The van der Waals surface area contributed by atoms with Crippen molar-refractivity contribution in [2.45, 2.75) is 39.2 Å². The van der Waals surface area contributed by atoms with E-state index in [9.17, 15) is 0 Å². The fourth-order valence-electron chi connectivity index (χ4n) is 0.695. The Kier molecular flexibility index (Phi) is 9.65. The molecule has 1 fully saturated rings. The SMILES string of the molecule is C.CCC1(NS)CC1.NCCN. The van der Waals surface area contributed by atoms with Gasteiger partial charge in [-0.2, -0.15) is 0 Å². The highest BCUT2D eigenvalue weighted by Gasteiger charge is 2.39. The zero-order valence-corrected chi connectivity index (χ0v) is 8.03. The number of nitrogens with two attached hydrogens (primary N) is 2. The molecule has 0 unspecified atom stereocenters. The normalized spacial score (nSPS) is 17.0. The zero-order valence-electron chi connectivity index (χ0n) is 7.14. The minimum Gasteiger partial charge on any atom is -0.329 e. The molecule has 0 aromatic carbocycles. The standard InChI is InChI=1S/C5H11NS.C2H8N2.CH4/c1-2-5(6-7)3-4-5;3-1-2-4;/h6-7H,2-4H2,1H3;1-4H2;1H4. The fraction of sp³-hybridized carbons (Fsp3) is 1.00. The van der Waals surface area contributed by atoms with Crippen molar-refractivity contribution in [3.05, 3.63) is 0 Å². The van der Waals surface area contributed by atoms with E-state index in [1.54, 1.807) is 0 Å². The topological polar surface area (TPSA) is 64.1 Å². The first-order chi connectivity index (χ1) is 5.24. The van der Waals surface area contributed by atoms with Crippen molar-refractivity contribution in [3.63, 3.8) is 0 Å².